The maximum atomic E-state index is 13.9. The molecule has 0 radical (unpaired) electrons. The van der Waals surface area contributed by atoms with Gasteiger partial charge in [0.05, 0.1) is 47.0 Å². The van der Waals surface area contributed by atoms with Crippen LogP contribution in [0.2, 0.25) is 10.0 Å². The number of carbonyl (C=O) groups is 1. The zero-order valence-corrected chi connectivity index (χ0v) is 44.7. The van der Waals surface area contributed by atoms with Gasteiger partial charge in [-0.2, -0.15) is 0 Å². The Labute approximate surface area is 441 Å². The summed E-state index contributed by atoms with van der Waals surface area (Å²) < 4.78 is 4.44. The quantitative estimate of drug-likeness (QED) is 0.0849. The van der Waals surface area contributed by atoms with Crippen LogP contribution < -0.4 is 16.9 Å². The third kappa shape index (κ3) is 13.5. The molecule has 374 valence electrons. The molecule has 0 fully saturated rings. The highest BCUT2D eigenvalue weighted by atomic mass is 79.9. The molecule has 0 aliphatic heterocycles. The van der Waals surface area contributed by atoms with E-state index in [2.05, 4.69) is 63.8 Å². The normalized spacial score (nSPS) is 12.3. The molecule has 2 N–H and O–H groups in total. The largest absolute Gasteiger partial charge is 0.329 e. The maximum Gasteiger partial charge on any atom is 0.261 e. The number of hydrogen-bond acceptors (Lipinski definition) is 8. The Morgan fingerprint density at radius 1 is 0.639 bits per heavy atom. The average Bonchev–Trinajstić information content (AvgIpc) is 3.37. The van der Waals surface area contributed by atoms with Crippen molar-refractivity contribution in [1.82, 2.24) is 33.8 Å². The minimum absolute atomic E-state index is 0.0537. The summed E-state index contributed by atoms with van der Waals surface area (Å²) >= 11 is 16.0. The molecule has 0 aliphatic rings. The number of rotatable bonds is 19. The van der Waals surface area contributed by atoms with E-state index in [0.717, 1.165) is 47.4 Å². The lowest BCUT2D eigenvalue weighted by Gasteiger charge is -2.33. The fourth-order valence-electron chi connectivity index (χ4n) is 9.07. The Hall–Kier alpha value is -5.99. The van der Waals surface area contributed by atoms with Crippen LogP contribution in [-0.4, -0.2) is 80.0 Å². The van der Waals surface area contributed by atoms with Crippen molar-refractivity contribution in [2.24, 2.45) is 5.73 Å². The molecule has 11 nitrogen and oxygen atoms in total. The van der Waals surface area contributed by atoms with E-state index >= 15 is 0 Å². The standard InChI is InChI=1S/C30H32BrClN4O2.C28H31ClN4O/c1-4-27(35(18-8-17-34(2)3)29(37)22-11-13-23(31)14-12-22)28-33-26-19-24(32)15-16-25(26)30(38)36(28)20-21-9-6-5-7-10-21;1-3-26(32(16-15-30)18-22-11-9-20(2)10-12-22)27-31-25-17-23(29)13-14-24(25)28(34)33(27)19-21-7-5-4-6-8-21/h5-7,9-16,19,27H,4,8,17-18,20H2,1-3H3;4-14,17,26H,3,15-16,18-19,30H2,1-2H3. The molecule has 72 heavy (non-hydrogen) atoms. The van der Waals surface area contributed by atoms with Crippen LogP contribution in [-0.2, 0) is 19.6 Å². The lowest BCUT2D eigenvalue weighted by molar-refractivity contribution is 0.0649. The second-order valence-corrected chi connectivity index (χ2v) is 20.1. The van der Waals surface area contributed by atoms with Crippen molar-refractivity contribution in [2.75, 3.05) is 40.3 Å². The molecule has 1 amide bonds. The van der Waals surface area contributed by atoms with Gasteiger partial charge < -0.3 is 15.5 Å². The molecule has 0 spiro atoms. The zero-order chi connectivity index (χ0) is 51.3. The molecule has 2 unspecified atom stereocenters. The second kappa shape index (κ2) is 25.6. The van der Waals surface area contributed by atoms with Crippen LogP contribution in [0.25, 0.3) is 21.8 Å². The van der Waals surface area contributed by atoms with Crippen LogP contribution >= 0.6 is 39.1 Å². The highest BCUT2D eigenvalue weighted by Gasteiger charge is 2.30. The number of aryl methyl sites for hydroxylation is 1. The van der Waals surface area contributed by atoms with E-state index in [9.17, 15) is 14.4 Å². The van der Waals surface area contributed by atoms with E-state index in [1.807, 2.05) is 115 Å². The Kier molecular flexibility index (Phi) is 19.1. The van der Waals surface area contributed by atoms with E-state index in [4.69, 9.17) is 38.9 Å². The topological polar surface area (TPSA) is 123 Å². The summed E-state index contributed by atoms with van der Waals surface area (Å²) in [5, 5.41) is 2.15. The van der Waals surface area contributed by atoms with Crippen molar-refractivity contribution in [3.63, 3.8) is 0 Å². The van der Waals surface area contributed by atoms with Crippen LogP contribution in [0.5, 0.6) is 0 Å². The number of nitrogens with zero attached hydrogens (tertiary/aromatic N) is 7. The molecular formula is C58H63BrCl2N8O3. The summed E-state index contributed by atoms with van der Waals surface area (Å²) in [5.41, 5.74) is 12.1. The predicted molar refractivity (Wildman–Crippen MR) is 298 cm³/mol. The Morgan fingerprint density at radius 3 is 1.61 bits per heavy atom. The number of amides is 1. The molecule has 14 heteroatoms. The van der Waals surface area contributed by atoms with Crippen LogP contribution in [0.1, 0.15) is 89.5 Å². The van der Waals surface area contributed by atoms with E-state index in [1.165, 1.54) is 11.1 Å². The van der Waals surface area contributed by atoms with Gasteiger partial charge in [0, 0.05) is 46.3 Å². The van der Waals surface area contributed by atoms with Gasteiger partial charge in [0.1, 0.15) is 11.6 Å². The third-order valence-corrected chi connectivity index (χ3v) is 13.7. The van der Waals surface area contributed by atoms with Crippen molar-refractivity contribution in [3.8, 4) is 0 Å². The van der Waals surface area contributed by atoms with Crippen molar-refractivity contribution in [2.45, 2.75) is 71.8 Å². The first-order valence-corrected chi connectivity index (χ1v) is 26.0. The molecule has 6 aromatic carbocycles. The van der Waals surface area contributed by atoms with Crippen LogP contribution in [0, 0.1) is 6.92 Å². The van der Waals surface area contributed by atoms with E-state index in [1.54, 1.807) is 41.0 Å². The third-order valence-electron chi connectivity index (χ3n) is 12.7. The van der Waals surface area contributed by atoms with E-state index < -0.39 is 6.04 Å². The molecule has 2 atom stereocenters. The number of fused-ring (bicyclic) bond motifs is 2. The summed E-state index contributed by atoms with van der Waals surface area (Å²) in [6.45, 7) is 10.4. The number of hydrogen-bond donors (Lipinski definition) is 1. The number of carbonyl (C=O) groups excluding carboxylic acids is 1. The fourth-order valence-corrected chi connectivity index (χ4v) is 9.67. The molecule has 8 aromatic rings. The first-order chi connectivity index (χ1) is 34.8. The zero-order valence-electron chi connectivity index (χ0n) is 41.6. The van der Waals surface area contributed by atoms with Gasteiger partial charge in [-0.1, -0.05) is 143 Å². The van der Waals surface area contributed by atoms with Crippen molar-refractivity contribution < 1.29 is 4.79 Å². The Bertz CT molecular complexity index is 3190. The average molecular weight is 1070 g/mol. The first kappa shape index (κ1) is 53.8. The van der Waals surface area contributed by atoms with Gasteiger partial charge in [0.25, 0.3) is 17.0 Å². The fraction of sp³-hybridized carbons (Fsp3) is 0.293. The molecule has 0 saturated heterocycles. The minimum Gasteiger partial charge on any atom is -0.329 e. The summed E-state index contributed by atoms with van der Waals surface area (Å²) in [5.74, 6) is 1.22. The summed E-state index contributed by atoms with van der Waals surface area (Å²) in [6, 6.07) is 45.7. The van der Waals surface area contributed by atoms with Crippen molar-refractivity contribution in [1.29, 1.82) is 0 Å². The molecule has 0 bridgehead atoms. The smallest absolute Gasteiger partial charge is 0.261 e. The van der Waals surface area contributed by atoms with Gasteiger partial charge in [-0.05, 0) is 124 Å². The van der Waals surface area contributed by atoms with Crippen molar-refractivity contribution in [3.05, 3.63) is 220 Å². The minimum atomic E-state index is -0.409. The van der Waals surface area contributed by atoms with Gasteiger partial charge in [0.2, 0.25) is 0 Å². The number of nitrogens with two attached hydrogens (primary N) is 1. The van der Waals surface area contributed by atoms with Crippen LogP contribution in [0.15, 0.2) is 160 Å². The number of benzene rings is 6. The molecule has 0 saturated carbocycles. The molecular weight excluding hydrogens is 1010 g/mol. The number of aromatic nitrogens is 4. The maximum absolute atomic E-state index is 13.9. The van der Waals surface area contributed by atoms with Gasteiger partial charge in [-0.25, -0.2) is 9.97 Å². The van der Waals surface area contributed by atoms with Crippen LogP contribution in [0.3, 0.4) is 0 Å². The molecule has 2 heterocycles. The predicted octanol–water partition coefficient (Wildman–Crippen LogP) is 11.7. The van der Waals surface area contributed by atoms with Gasteiger partial charge in [-0.15, -0.1) is 0 Å². The summed E-state index contributed by atoms with van der Waals surface area (Å²) in [6.07, 6.45) is 2.17. The highest BCUT2D eigenvalue weighted by molar-refractivity contribution is 9.10. The molecule has 0 aliphatic carbocycles. The second-order valence-electron chi connectivity index (χ2n) is 18.3. The van der Waals surface area contributed by atoms with E-state index in [0.29, 0.717) is 82.4 Å². The van der Waals surface area contributed by atoms with Crippen LogP contribution in [0.4, 0.5) is 0 Å². The highest BCUT2D eigenvalue weighted by Crippen LogP contribution is 2.30. The Morgan fingerprint density at radius 2 is 1.14 bits per heavy atom. The van der Waals surface area contributed by atoms with Gasteiger partial charge in [-0.3, -0.25) is 28.4 Å². The first-order valence-electron chi connectivity index (χ1n) is 24.5. The SMILES string of the molecule is CCC(c1nc2cc(Cl)ccc2c(=O)n1Cc1ccccc1)N(CCCN(C)C)C(=O)c1ccc(Br)cc1.CCC(c1nc2cc(Cl)ccc2c(=O)n1Cc1ccccc1)N(CCN)Cc1ccc(C)cc1. The summed E-state index contributed by atoms with van der Waals surface area (Å²) in [7, 11) is 4.04. The van der Waals surface area contributed by atoms with E-state index in [-0.39, 0.29) is 23.1 Å². The van der Waals surface area contributed by atoms with Gasteiger partial charge in [0.15, 0.2) is 0 Å². The lowest BCUT2D eigenvalue weighted by Crippen LogP contribution is -2.40. The Balaban J connectivity index is 0.000000213. The number of halogens is 3. The molecule has 2 aromatic heterocycles. The van der Waals surface area contributed by atoms with Crippen molar-refractivity contribution >= 4 is 66.8 Å². The molecule has 8 rings (SSSR count). The van der Waals surface area contributed by atoms with Gasteiger partial charge >= 0.3 is 0 Å². The monoisotopic (exact) mass is 1070 g/mol. The lowest BCUT2D eigenvalue weighted by atomic mass is 10.1. The summed E-state index contributed by atoms with van der Waals surface area (Å²) in [4.78, 5) is 57.8.